The van der Waals surface area contributed by atoms with E-state index in [9.17, 15) is 13.2 Å². The highest BCUT2D eigenvalue weighted by molar-refractivity contribution is 7.91. The van der Waals surface area contributed by atoms with Crippen LogP contribution in [0.25, 0.3) is 0 Å². The van der Waals surface area contributed by atoms with E-state index in [0.29, 0.717) is 11.8 Å². The van der Waals surface area contributed by atoms with Gasteiger partial charge in [0.25, 0.3) is 0 Å². The first-order chi connectivity index (χ1) is 8.15. The van der Waals surface area contributed by atoms with Gasteiger partial charge in [0.1, 0.15) is 5.75 Å². The molecule has 0 rings (SSSR count). The van der Waals surface area contributed by atoms with Gasteiger partial charge in [-0.2, -0.15) is 0 Å². The first-order valence-electron chi connectivity index (χ1n) is 6.62. The van der Waals surface area contributed by atoms with E-state index in [1.54, 1.807) is 0 Å². The summed E-state index contributed by atoms with van der Waals surface area (Å²) in [5.74, 6) is 0.149. The van der Waals surface area contributed by atoms with Crippen LogP contribution in [0, 0.1) is 11.8 Å². The summed E-state index contributed by atoms with van der Waals surface area (Å²) >= 11 is 0. The van der Waals surface area contributed by atoms with E-state index >= 15 is 0 Å². The van der Waals surface area contributed by atoms with Gasteiger partial charge in [-0.25, -0.2) is 8.42 Å². The molecule has 0 radical (unpaired) electrons. The molecule has 0 aromatic heterocycles. The molecule has 110 valence electrons. The number of carbonyl (C=O) groups is 1. The van der Waals surface area contributed by atoms with Crippen LogP contribution in [0.3, 0.4) is 0 Å². The lowest BCUT2D eigenvalue weighted by atomic mass is 9.93. The third-order valence-corrected chi connectivity index (χ3v) is 4.00. The van der Waals surface area contributed by atoms with Crippen LogP contribution < -0.4 is 5.32 Å². The number of hydrogen-bond donors (Lipinski definition) is 1. The van der Waals surface area contributed by atoms with Gasteiger partial charge in [0.15, 0.2) is 9.84 Å². The zero-order valence-electron chi connectivity index (χ0n) is 12.2. The molecule has 0 heterocycles. The highest BCUT2D eigenvalue weighted by atomic mass is 32.2. The quantitative estimate of drug-likeness (QED) is 0.741. The van der Waals surface area contributed by atoms with Gasteiger partial charge in [-0.3, -0.25) is 4.79 Å². The van der Waals surface area contributed by atoms with Crippen molar-refractivity contribution in [1.29, 1.82) is 0 Å². The van der Waals surface area contributed by atoms with E-state index < -0.39 is 15.6 Å². The van der Waals surface area contributed by atoms with Crippen molar-refractivity contribution in [3.8, 4) is 0 Å². The third kappa shape index (κ3) is 8.50. The molecule has 1 N–H and O–H groups in total. The molecular weight excluding hydrogens is 250 g/mol. The smallest absolute Gasteiger partial charge is 0.235 e. The normalized spacial score (nSPS) is 15.4. The van der Waals surface area contributed by atoms with Crippen LogP contribution in [0.2, 0.25) is 0 Å². The molecule has 5 heteroatoms. The highest BCUT2D eigenvalue weighted by Crippen LogP contribution is 2.15. The van der Waals surface area contributed by atoms with Crippen molar-refractivity contribution < 1.29 is 14.6 Å². The van der Waals surface area contributed by atoms with Crippen molar-refractivity contribution in [2.24, 2.45) is 11.8 Å². The summed E-state index contributed by atoms with van der Waals surface area (Å²) in [4.78, 5) is 11.6. The van der Waals surface area contributed by atoms with Crippen molar-refractivity contribution in [1.82, 2.24) is 5.32 Å². The van der Waals surface area contributed by atoms with E-state index in [0.717, 1.165) is 25.5 Å². The van der Waals surface area contributed by atoms with Gasteiger partial charge >= 0.3 is 0 Å². The molecule has 0 saturated carbocycles. The summed E-state index contributed by atoms with van der Waals surface area (Å²) in [6.07, 6.45) is 4.17. The topological polar surface area (TPSA) is 63.2 Å². The molecule has 0 fully saturated rings. The Balaban J connectivity index is 0. The Morgan fingerprint density at radius 3 is 2.17 bits per heavy atom. The molecule has 18 heavy (non-hydrogen) atoms. The van der Waals surface area contributed by atoms with Gasteiger partial charge in [-0.1, -0.05) is 34.1 Å². The Labute approximate surface area is 113 Å². The number of hydrogen-bond acceptors (Lipinski definition) is 3. The van der Waals surface area contributed by atoms with E-state index in [4.69, 9.17) is 0 Å². The summed E-state index contributed by atoms with van der Waals surface area (Å²) in [5, 5.41) is 2.83. The molecule has 0 aliphatic heterocycles. The Hall–Kier alpha value is -0.580. The lowest BCUT2D eigenvalue weighted by Crippen LogP contribution is -2.41. The lowest BCUT2D eigenvalue weighted by Gasteiger charge is -2.23. The van der Waals surface area contributed by atoms with E-state index in [-0.39, 0.29) is 13.4 Å². The number of amides is 1. The average Bonchev–Trinajstić information content (AvgIpc) is 2.20. The standard InChI is InChI=1S/C13H27NO3S.H2/c1-6-11(4)7-8-12(10(2)3)14-13(15)9-18(5,16)17;/h10-12H,6-9H2,1-5H3,(H,14,15);1H. The highest BCUT2D eigenvalue weighted by Gasteiger charge is 2.19. The van der Waals surface area contributed by atoms with Gasteiger partial charge in [-0.05, 0) is 24.7 Å². The number of nitrogens with one attached hydrogen (secondary N) is 1. The number of sulfone groups is 1. The Bertz CT molecular complexity index is 355. The summed E-state index contributed by atoms with van der Waals surface area (Å²) in [6.45, 7) is 8.43. The van der Waals surface area contributed by atoms with Gasteiger partial charge in [0, 0.05) is 13.7 Å². The van der Waals surface area contributed by atoms with Crippen molar-refractivity contribution >= 4 is 15.7 Å². The van der Waals surface area contributed by atoms with Crippen molar-refractivity contribution in [2.75, 3.05) is 12.0 Å². The first-order valence-corrected chi connectivity index (χ1v) is 8.68. The predicted molar refractivity (Wildman–Crippen MR) is 77.3 cm³/mol. The second kappa shape index (κ2) is 7.77. The Kier molecular flexibility index (Phi) is 7.52. The fourth-order valence-corrected chi connectivity index (χ4v) is 2.29. The maximum atomic E-state index is 11.6. The number of carbonyl (C=O) groups excluding carboxylic acids is 1. The minimum absolute atomic E-state index is 0. The van der Waals surface area contributed by atoms with E-state index in [1.165, 1.54) is 0 Å². The Morgan fingerprint density at radius 1 is 1.22 bits per heavy atom. The summed E-state index contributed by atoms with van der Waals surface area (Å²) in [6, 6.07) is 0.0632. The van der Waals surface area contributed by atoms with Crippen LogP contribution in [0.1, 0.15) is 48.4 Å². The molecule has 0 saturated heterocycles. The zero-order valence-corrected chi connectivity index (χ0v) is 13.0. The van der Waals surface area contributed by atoms with E-state index in [2.05, 4.69) is 19.2 Å². The minimum Gasteiger partial charge on any atom is -0.352 e. The molecule has 0 spiro atoms. The maximum absolute atomic E-state index is 11.6. The van der Waals surface area contributed by atoms with Crippen LogP contribution in [0.4, 0.5) is 0 Å². The van der Waals surface area contributed by atoms with Crippen LogP contribution in [-0.2, 0) is 14.6 Å². The lowest BCUT2D eigenvalue weighted by molar-refractivity contribution is -0.119. The zero-order chi connectivity index (χ0) is 14.3. The van der Waals surface area contributed by atoms with Crippen LogP contribution >= 0.6 is 0 Å². The molecule has 2 atom stereocenters. The van der Waals surface area contributed by atoms with Gasteiger partial charge in [0.05, 0.1) is 0 Å². The molecule has 0 aromatic rings. The molecule has 1 amide bonds. The largest absolute Gasteiger partial charge is 0.352 e. The molecular formula is C13H29NO3S. The molecule has 0 bridgehead atoms. The van der Waals surface area contributed by atoms with Gasteiger partial charge in [-0.15, -0.1) is 0 Å². The third-order valence-electron chi connectivity index (χ3n) is 3.21. The molecule has 2 unspecified atom stereocenters. The second-order valence-electron chi connectivity index (χ2n) is 5.58. The van der Waals surface area contributed by atoms with Crippen molar-refractivity contribution in [3.05, 3.63) is 0 Å². The fourth-order valence-electron chi connectivity index (χ4n) is 1.73. The van der Waals surface area contributed by atoms with Gasteiger partial charge in [0.2, 0.25) is 5.91 Å². The first kappa shape index (κ1) is 17.4. The van der Waals surface area contributed by atoms with Crippen LogP contribution in [-0.4, -0.2) is 32.4 Å². The predicted octanol–water partition coefficient (Wildman–Crippen LogP) is 2.24. The maximum Gasteiger partial charge on any atom is 0.235 e. The molecule has 0 aromatic carbocycles. The van der Waals surface area contributed by atoms with Crippen LogP contribution in [0.5, 0.6) is 0 Å². The molecule has 0 aliphatic rings. The fraction of sp³-hybridized carbons (Fsp3) is 0.923. The minimum atomic E-state index is -3.24. The van der Waals surface area contributed by atoms with Gasteiger partial charge < -0.3 is 5.32 Å². The van der Waals surface area contributed by atoms with Crippen LogP contribution in [0.15, 0.2) is 0 Å². The Morgan fingerprint density at radius 2 is 1.78 bits per heavy atom. The number of rotatable bonds is 8. The average molecular weight is 279 g/mol. The second-order valence-corrected chi connectivity index (χ2v) is 7.72. The monoisotopic (exact) mass is 279 g/mol. The van der Waals surface area contributed by atoms with Crippen molar-refractivity contribution in [3.63, 3.8) is 0 Å². The van der Waals surface area contributed by atoms with Crippen molar-refractivity contribution in [2.45, 2.75) is 53.0 Å². The van der Waals surface area contributed by atoms with E-state index in [1.807, 2.05) is 13.8 Å². The summed E-state index contributed by atoms with van der Waals surface area (Å²) < 4.78 is 22.1. The summed E-state index contributed by atoms with van der Waals surface area (Å²) in [5.41, 5.74) is 0. The molecule has 4 nitrogen and oxygen atoms in total. The summed E-state index contributed by atoms with van der Waals surface area (Å²) in [7, 11) is -3.24. The molecule has 0 aliphatic carbocycles. The SMILES string of the molecule is CCC(C)CCC(NC(=O)CS(C)(=O)=O)C(C)C.[HH].